The fraction of sp³-hybridized carbons (Fsp3) is 0.273. The monoisotopic (exact) mass is 363 g/mol. The molecule has 0 aliphatic heterocycles. The van der Waals surface area contributed by atoms with Gasteiger partial charge in [-0.2, -0.15) is 0 Å². The largest absolute Gasteiger partial charge is 0.508 e. The number of aliphatic hydroxyl groups excluding tert-OH is 1. The van der Waals surface area contributed by atoms with Crippen LogP contribution < -0.4 is 0 Å². The summed E-state index contributed by atoms with van der Waals surface area (Å²) in [4.78, 5) is 11.4. The van der Waals surface area contributed by atoms with Crippen LogP contribution in [-0.2, 0) is 32.7 Å². The van der Waals surface area contributed by atoms with Crippen LogP contribution in [0.5, 0.6) is 5.75 Å². The fourth-order valence-electron chi connectivity index (χ4n) is 3.03. The lowest BCUT2D eigenvalue weighted by molar-refractivity contribution is 0.236. The number of nitrogens with zero attached hydrogens (tertiary/aromatic N) is 3. The van der Waals surface area contributed by atoms with E-state index in [0.29, 0.717) is 25.3 Å². The maximum Gasteiger partial charge on any atom is 0.120 e. The molecule has 0 bridgehead atoms. The summed E-state index contributed by atoms with van der Waals surface area (Å²) in [6.07, 6.45) is 0.896. The summed E-state index contributed by atoms with van der Waals surface area (Å²) in [5, 5.41) is 19.5. The van der Waals surface area contributed by atoms with Crippen LogP contribution in [0.2, 0.25) is 0 Å². The fourth-order valence-corrected chi connectivity index (χ4v) is 3.03. The lowest BCUT2D eigenvalue weighted by Crippen LogP contribution is -2.24. The number of phenols is 1. The van der Waals surface area contributed by atoms with Crippen LogP contribution in [0.3, 0.4) is 0 Å². The van der Waals surface area contributed by atoms with Gasteiger partial charge in [-0.05, 0) is 36.8 Å². The average molecular weight is 363 g/mol. The van der Waals surface area contributed by atoms with E-state index in [2.05, 4.69) is 16.8 Å². The van der Waals surface area contributed by atoms with Gasteiger partial charge in [-0.25, -0.2) is 0 Å². The molecule has 2 N–H and O–H groups in total. The number of aromatic nitrogens is 2. The Hall–Kier alpha value is -2.76. The molecule has 0 aliphatic carbocycles. The van der Waals surface area contributed by atoms with Crippen LogP contribution in [0.4, 0.5) is 0 Å². The highest BCUT2D eigenvalue weighted by Gasteiger charge is 2.13. The van der Waals surface area contributed by atoms with Gasteiger partial charge in [0.05, 0.1) is 23.7 Å². The number of para-hydroxylation sites is 1. The van der Waals surface area contributed by atoms with Crippen molar-refractivity contribution in [1.29, 1.82) is 0 Å². The van der Waals surface area contributed by atoms with Gasteiger partial charge in [-0.3, -0.25) is 14.9 Å². The number of aromatic hydroxyl groups is 1. The van der Waals surface area contributed by atoms with E-state index in [1.165, 1.54) is 0 Å². The van der Waals surface area contributed by atoms with Crippen molar-refractivity contribution in [2.24, 2.45) is 0 Å². The van der Waals surface area contributed by atoms with E-state index in [1.807, 2.05) is 54.6 Å². The Morgan fingerprint density at radius 3 is 1.96 bits per heavy atom. The van der Waals surface area contributed by atoms with Crippen LogP contribution in [0.25, 0.3) is 0 Å². The zero-order valence-corrected chi connectivity index (χ0v) is 15.5. The van der Waals surface area contributed by atoms with Gasteiger partial charge in [0.15, 0.2) is 0 Å². The van der Waals surface area contributed by atoms with Crippen LogP contribution in [-0.4, -0.2) is 25.1 Å². The molecule has 0 fully saturated rings. The Morgan fingerprint density at radius 1 is 0.741 bits per heavy atom. The minimum absolute atomic E-state index is 0.0760. The molecule has 5 heteroatoms. The molecule has 0 saturated carbocycles. The van der Waals surface area contributed by atoms with E-state index in [9.17, 15) is 10.2 Å². The molecule has 5 nitrogen and oxygen atoms in total. The second-order valence-electron chi connectivity index (χ2n) is 6.53. The van der Waals surface area contributed by atoms with E-state index in [1.54, 1.807) is 6.07 Å². The highest BCUT2D eigenvalue weighted by atomic mass is 16.3. The van der Waals surface area contributed by atoms with E-state index < -0.39 is 0 Å². The van der Waals surface area contributed by atoms with Crippen LogP contribution >= 0.6 is 0 Å². The van der Waals surface area contributed by atoms with E-state index in [4.69, 9.17) is 4.98 Å². The number of aryl methyl sites for hydroxylation is 1. The quantitative estimate of drug-likeness (QED) is 0.642. The molecule has 27 heavy (non-hydrogen) atoms. The summed E-state index contributed by atoms with van der Waals surface area (Å²) in [5.41, 5.74) is 4.45. The van der Waals surface area contributed by atoms with E-state index in [0.717, 1.165) is 29.1 Å². The predicted octanol–water partition coefficient (Wildman–Crippen LogP) is 3.44. The van der Waals surface area contributed by atoms with Crippen molar-refractivity contribution < 1.29 is 10.2 Å². The molecule has 0 amide bonds. The first-order chi connectivity index (χ1) is 13.2. The number of rotatable bonds is 8. The van der Waals surface area contributed by atoms with E-state index >= 15 is 0 Å². The van der Waals surface area contributed by atoms with Gasteiger partial charge in [-0.15, -0.1) is 0 Å². The molecule has 0 unspecified atom stereocenters. The van der Waals surface area contributed by atoms with Crippen molar-refractivity contribution >= 4 is 0 Å². The molecule has 0 spiro atoms. The van der Waals surface area contributed by atoms with Crippen molar-refractivity contribution in [3.8, 4) is 5.75 Å². The van der Waals surface area contributed by atoms with Crippen LogP contribution in [0.1, 0.15) is 35.3 Å². The lowest BCUT2D eigenvalue weighted by atomic mass is 10.1. The van der Waals surface area contributed by atoms with Gasteiger partial charge < -0.3 is 10.2 Å². The molecule has 3 aromatic rings. The summed E-state index contributed by atoms with van der Waals surface area (Å²) in [5.74, 6) is 0.287. The Balaban J connectivity index is 1.84. The van der Waals surface area contributed by atoms with Gasteiger partial charge in [0.2, 0.25) is 0 Å². The molecule has 0 aliphatic rings. The molecule has 2 aromatic heterocycles. The highest BCUT2D eigenvalue weighted by molar-refractivity contribution is 5.31. The number of phenolic OH excluding ortho intramolecular Hbond substituents is 1. The van der Waals surface area contributed by atoms with Gasteiger partial charge in [-0.1, -0.05) is 37.3 Å². The molecule has 0 radical (unpaired) electrons. The third-order valence-electron chi connectivity index (χ3n) is 4.41. The van der Waals surface area contributed by atoms with E-state index in [-0.39, 0.29) is 12.4 Å². The maximum atomic E-state index is 10.2. The molecule has 1 aromatic carbocycles. The summed E-state index contributed by atoms with van der Waals surface area (Å²) in [6.45, 7) is 3.84. The first-order valence-electron chi connectivity index (χ1n) is 9.17. The minimum atomic E-state index is -0.0760. The Labute approximate surface area is 160 Å². The smallest absolute Gasteiger partial charge is 0.120 e. The SMILES string of the molecule is CCc1cccc(CN(Cc2cccc(CO)n2)Cc2ccccc2O)n1. The maximum absolute atomic E-state index is 10.2. The third kappa shape index (κ3) is 5.36. The molecular formula is C22H25N3O2. The molecular weight excluding hydrogens is 338 g/mol. The second kappa shape index (κ2) is 9.26. The summed E-state index contributed by atoms with van der Waals surface area (Å²) in [7, 11) is 0. The third-order valence-corrected chi connectivity index (χ3v) is 4.41. The Kier molecular flexibility index (Phi) is 6.52. The molecule has 0 saturated heterocycles. The number of aliphatic hydroxyl groups is 1. The molecule has 2 heterocycles. The zero-order chi connectivity index (χ0) is 19.1. The van der Waals surface area contributed by atoms with Gasteiger partial charge in [0.1, 0.15) is 5.75 Å². The normalized spacial score (nSPS) is 11.1. The Morgan fingerprint density at radius 2 is 1.33 bits per heavy atom. The van der Waals surface area contributed by atoms with Gasteiger partial charge in [0.25, 0.3) is 0 Å². The predicted molar refractivity (Wildman–Crippen MR) is 105 cm³/mol. The number of benzene rings is 1. The lowest BCUT2D eigenvalue weighted by Gasteiger charge is -2.22. The van der Waals surface area contributed by atoms with Gasteiger partial charge >= 0.3 is 0 Å². The first-order valence-corrected chi connectivity index (χ1v) is 9.17. The summed E-state index contributed by atoms with van der Waals surface area (Å²) < 4.78 is 0. The minimum Gasteiger partial charge on any atom is -0.508 e. The number of pyridine rings is 2. The molecule has 140 valence electrons. The summed E-state index contributed by atoms with van der Waals surface area (Å²) >= 11 is 0. The van der Waals surface area contributed by atoms with Crippen molar-refractivity contribution in [3.63, 3.8) is 0 Å². The van der Waals surface area contributed by atoms with Crippen molar-refractivity contribution in [3.05, 3.63) is 89.0 Å². The second-order valence-corrected chi connectivity index (χ2v) is 6.53. The first kappa shape index (κ1) is 19.0. The molecule has 3 rings (SSSR count). The topological polar surface area (TPSA) is 69.5 Å². The number of hydrogen-bond acceptors (Lipinski definition) is 5. The highest BCUT2D eigenvalue weighted by Crippen LogP contribution is 2.20. The van der Waals surface area contributed by atoms with Crippen LogP contribution in [0.15, 0.2) is 60.7 Å². The Bertz CT molecular complexity index is 833. The summed E-state index contributed by atoms with van der Waals surface area (Å²) in [6, 6.07) is 19.1. The standard InChI is InChI=1S/C22H25N3O2/c1-2-18-8-5-9-19(23-18)14-25(13-17-7-3-4-12-22(17)27)15-20-10-6-11-21(16-26)24-20/h3-12,26-27H,2,13-16H2,1H3. The van der Waals surface area contributed by atoms with Crippen molar-refractivity contribution in [1.82, 2.24) is 14.9 Å². The van der Waals surface area contributed by atoms with Crippen molar-refractivity contribution in [2.45, 2.75) is 39.6 Å². The van der Waals surface area contributed by atoms with Crippen molar-refractivity contribution in [2.75, 3.05) is 0 Å². The van der Waals surface area contributed by atoms with Gasteiger partial charge in [0, 0.05) is 30.9 Å². The number of hydrogen-bond donors (Lipinski definition) is 2. The zero-order valence-electron chi connectivity index (χ0n) is 15.5. The molecule has 0 atom stereocenters. The van der Waals surface area contributed by atoms with Crippen LogP contribution in [0, 0.1) is 0 Å². The average Bonchev–Trinajstić information content (AvgIpc) is 2.70.